The predicted octanol–water partition coefficient (Wildman–Crippen LogP) is 1.27. The normalized spacial score (nSPS) is 18.6. The van der Waals surface area contributed by atoms with Crippen LogP contribution < -0.4 is 16.4 Å². The van der Waals surface area contributed by atoms with Crippen LogP contribution in [0.3, 0.4) is 0 Å². The largest absolute Gasteiger partial charge is 0.360 e. The van der Waals surface area contributed by atoms with Gasteiger partial charge in [-0.2, -0.15) is 0 Å². The standard InChI is InChI=1S/C22H28N6O4/c1-13(23)22(31)28-10-6-15(7-11-28)19(21(30)25-16-4-8-24-9-5-16)26-20(29)17-12-18(32-27-17)14-2-3-14/h4-5,8-9,12-15,19H,2-3,6-7,10-11,23H2,1H3,(H,26,29)(H,24,25,30)/t13-,19?/m0/s1. The molecule has 10 heteroatoms. The van der Waals surface area contributed by atoms with E-state index in [1.54, 1.807) is 42.4 Å². The fourth-order valence-corrected chi connectivity index (χ4v) is 3.97. The van der Waals surface area contributed by atoms with Gasteiger partial charge in [0, 0.05) is 43.2 Å². The summed E-state index contributed by atoms with van der Waals surface area (Å²) in [6.45, 7) is 2.62. The first-order valence-corrected chi connectivity index (χ1v) is 10.9. The van der Waals surface area contributed by atoms with Gasteiger partial charge < -0.3 is 25.8 Å². The number of anilines is 1. The molecule has 2 aliphatic rings. The van der Waals surface area contributed by atoms with Crippen LogP contribution in [0, 0.1) is 5.92 Å². The molecule has 1 aliphatic carbocycles. The van der Waals surface area contributed by atoms with Crippen LogP contribution in [0.2, 0.25) is 0 Å². The first kappa shape index (κ1) is 21.9. The number of carbonyl (C=O) groups is 3. The van der Waals surface area contributed by atoms with E-state index in [1.165, 1.54) is 0 Å². The molecule has 2 fully saturated rings. The highest BCUT2D eigenvalue weighted by molar-refractivity contribution is 6.00. The second-order valence-corrected chi connectivity index (χ2v) is 8.52. The van der Waals surface area contributed by atoms with Crippen molar-refractivity contribution in [2.45, 2.75) is 50.6 Å². The Morgan fingerprint density at radius 2 is 1.84 bits per heavy atom. The molecule has 0 spiro atoms. The molecule has 32 heavy (non-hydrogen) atoms. The number of nitrogens with zero attached hydrogens (tertiary/aromatic N) is 3. The zero-order valence-corrected chi connectivity index (χ0v) is 18.0. The predicted molar refractivity (Wildman–Crippen MR) is 116 cm³/mol. The number of pyridine rings is 1. The highest BCUT2D eigenvalue weighted by Gasteiger charge is 2.35. The van der Waals surface area contributed by atoms with E-state index in [0.29, 0.717) is 43.3 Å². The molecule has 0 bridgehead atoms. The highest BCUT2D eigenvalue weighted by Crippen LogP contribution is 2.40. The molecular weight excluding hydrogens is 412 g/mol. The maximum Gasteiger partial charge on any atom is 0.274 e. The summed E-state index contributed by atoms with van der Waals surface area (Å²) in [4.78, 5) is 43.9. The number of aromatic nitrogens is 2. The van der Waals surface area contributed by atoms with Gasteiger partial charge in [0.25, 0.3) is 5.91 Å². The summed E-state index contributed by atoms with van der Waals surface area (Å²) in [5, 5.41) is 9.57. The van der Waals surface area contributed by atoms with Crippen LogP contribution in [0.15, 0.2) is 35.1 Å². The lowest BCUT2D eigenvalue weighted by Crippen LogP contribution is -2.53. The molecule has 2 aromatic heterocycles. The third-order valence-corrected chi connectivity index (χ3v) is 5.97. The van der Waals surface area contributed by atoms with Crippen molar-refractivity contribution in [2.24, 2.45) is 11.7 Å². The van der Waals surface area contributed by atoms with E-state index >= 15 is 0 Å². The first-order chi connectivity index (χ1) is 15.4. The van der Waals surface area contributed by atoms with E-state index in [0.717, 1.165) is 12.8 Å². The fourth-order valence-electron chi connectivity index (χ4n) is 3.97. The number of piperidine rings is 1. The molecule has 0 radical (unpaired) electrons. The van der Waals surface area contributed by atoms with Gasteiger partial charge >= 0.3 is 0 Å². The van der Waals surface area contributed by atoms with Crippen molar-refractivity contribution in [2.75, 3.05) is 18.4 Å². The highest BCUT2D eigenvalue weighted by atomic mass is 16.5. The molecule has 1 saturated heterocycles. The number of hydrogen-bond acceptors (Lipinski definition) is 7. The average Bonchev–Trinajstić information content (AvgIpc) is 3.53. The van der Waals surface area contributed by atoms with Crippen molar-refractivity contribution < 1.29 is 18.9 Å². The minimum Gasteiger partial charge on any atom is -0.360 e. The van der Waals surface area contributed by atoms with Crippen LogP contribution in [-0.2, 0) is 9.59 Å². The Balaban J connectivity index is 1.46. The number of likely N-dealkylation sites (tertiary alicyclic amines) is 1. The maximum absolute atomic E-state index is 13.1. The molecule has 4 rings (SSSR count). The monoisotopic (exact) mass is 440 g/mol. The molecule has 1 unspecified atom stereocenters. The molecule has 2 atom stereocenters. The van der Waals surface area contributed by atoms with Crippen LogP contribution in [0.4, 0.5) is 5.69 Å². The Bertz CT molecular complexity index is 964. The third kappa shape index (κ3) is 5.13. The van der Waals surface area contributed by atoms with Crippen molar-refractivity contribution >= 4 is 23.4 Å². The van der Waals surface area contributed by atoms with Crippen LogP contribution in [0.5, 0.6) is 0 Å². The quantitative estimate of drug-likeness (QED) is 0.588. The minimum atomic E-state index is -0.788. The Labute approximate surface area is 185 Å². The Morgan fingerprint density at radius 3 is 2.47 bits per heavy atom. The van der Waals surface area contributed by atoms with Gasteiger partial charge in [0.2, 0.25) is 11.8 Å². The van der Waals surface area contributed by atoms with Gasteiger partial charge in [0.15, 0.2) is 5.69 Å². The summed E-state index contributed by atoms with van der Waals surface area (Å²) in [6, 6.07) is 3.66. The van der Waals surface area contributed by atoms with Gasteiger partial charge in [0.1, 0.15) is 11.8 Å². The molecule has 3 heterocycles. The lowest BCUT2D eigenvalue weighted by atomic mass is 9.88. The summed E-state index contributed by atoms with van der Waals surface area (Å²) in [5.74, 6) is 0.00235. The van der Waals surface area contributed by atoms with Crippen molar-refractivity contribution in [3.8, 4) is 0 Å². The van der Waals surface area contributed by atoms with Crippen LogP contribution in [0.1, 0.15) is 54.8 Å². The Kier molecular flexibility index (Phi) is 6.50. The fraction of sp³-hybridized carbons (Fsp3) is 0.500. The van der Waals surface area contributed by atoms with Gasteiger partial charge in [-0.05, 0) is 50.7 Å². The van der Waals surface area contributed by atoms with Crippen molar-refractivity contribution in [1.29, 1.82) is 0 Å². The van der Waals surface area contributed by atoms with Gasteiger partial charge in [-0.3, -0.25) is 19.4 Å². The summed E-state index contributed by atoms with van der Waals surface area (Å²) in [7, 11) is 0. The van der Waals surface area contributed by atoms with Gasteiger partial charge in [-0.15, -0.1) is 0 Å². The second kappa shape index (κ2) is 9.47. The van der Waals surface area contributed by atoms with E-state index in [-0.39, 0.29) is 23.4 Å². The molecule has 2 aromatic rings. The van der Waals surface area contributed by atoms with Crippen molar-refractivity contribution in [3.05, 3.63) is 42.0 Å². The minimum absolute atomic E-state index is 0.111. The number of hydrogen-bond donors (Lipinski definition) is 3. The summed E-state index contributed by atoms with van der Waals surface area (Å²) >= 11 is 0. The third-order valence-electron chi connectivity index (χ3n) is 5.97. The lowest BCUT2D eigenvalue weighted by molar-refractivity contribution is -0.133. The average molecular weight is 441 g/mol. The summed E-state index contributed by atoms with van der Waals surface area (Å²) in [5.41, 5.74) is 6.47. The van der Waals surface area contributed by atoms with Crippen LogP contribution in [0.25, 0.3) is 0 Å². The van der Waals surface area contributed by atoms with Crippen molar-refractivity contribution in [3.63, 3.8) is 0 Å². The van der Waals surface area contributed by atoms with Crippen LogP contribution >= 0.6 is 0 Å². The summed E-state index contributed by atoms with van der Waals surface area (Å²) < 4.78 is 5.28. The molecule has 170 valence electrons. The van der Waals surface area contributed by atoms with E-state index in [1.807, 2.05) is 0 Å². The second-order valence-electron chi connectivity index (χ2n) is 8.52. The number of rotatable bonds is 7. The molecular formula is C22H28N6O4. The lowest BCUT2D eigenvalue weighted by Gasteiger charge is -2.36. The first-order valence-electron chi connectivity index (χ1n) is 10.9. The molecule has 1 aliphatic heterocycles. The van der Waals surface area contributed by atoms with Gasteiger partial charge in [-0.1, -0.05) is 5.16 Å². The molecule has 3 amide bonds. The number of nitrogens with two attached hydrogens (primary N) is 1. The molecule has 0 aromatic carbocycles. The number of nitrogens with one attached hydrogen (secondary N) is 2. The van der Waals surface area contributed by atoms with E-state index in [2.05, 4.69) is 20.8 Å². The number of carbonyl (C=O) groups excluding carboxylic acids is 3. The van der Waals surface area contributed by atoms with E-state index in [9.17, 15) is 14.4 Å². The SMILES string of the molecule is C[C@H](N)C(=O)N1CCC(C(NC(=O)c2cc(C3CC3)on2)C(=O)Nc2ccncc2)CC1. The number of amides is 3. The zero-order chi connectivity index (χ0) is 22.7. The van der Waals surface area contributed by atoms with E-state index < -0.39 is 18.0 Å². The van der Waals surface area contributed by atoms with Crippen molar-refractivity contribution in [1.82, 2.24) is 20.4 Å². The molecule has 1 saturated carbocycles. The zero-order valence-electron chi connectivity index (χ0n) is 18.0. The molecule has 10 nitrogen and oxygen atoms in total. The van der Waals surface area contributed by atoms with Gasteiger partial charge in [-0.25, -0.2) is 0 Å². The smallest absolute Gasteiger partial charge is 0.274 e. The maximum atomic E-state index is 13.1. The Hall–Kier alpha value is -3.27. The van der Waals surface area contributed by atoms with Gasteiger partial charge in [0.05, 0.1) is 6.04 Å². The molecule has 4 N–H and O–H groups in total. The van der Waals surface area contributed by atoms with E-state index in [4.69, 9.17) is 10.3 Å². The Morgan fingerprint density at radius 1 is 1.16 bits per heavy atom. The summed E-state index contributed by atoms with van der Waals surface area (Å²) in [6.07, 6.45) is 6.36. The topological polar surface area (TPSA) is 143 Å². The van der Waals surface area contributed by atoms with Crippen LogP contribution in [-0.4, -0.2) is 57.9 Å².